The van der Waals surface area contributed by atoms with Crippen LogP contribution < -0.4 is 5.32 Å². The van der Waals surface area contributed by atoms with Crippen molar-refractivity contribution in [2.45, 2.75) is 46.1 Å². The second kappa shape index (κ2) is 5.79. The largest absolute Gasteiger partial charge is 0.350 e. The van der Waals surface area contributed by atoms with Crippen LogP contribution in [0.3, 0.4) is 0 Å². The molecule has 0 fully saturated rings. The number of hydrogen-bond acceptors (Lipinski definition) is 1. The summed E-state index contributed by atoms with van der Waals surface area (Å²) in [6.45, 7) is 9.94. The quantitative estimate of drug-likeness (QED) is 0.862. The van der Waals surface area contributed by atoms with Crippen LogP contribution in [0, 0.1) is 0 Å². The summed E-state index contributed by atoms with van der Waals surface area (Å²) in [7, 11) is 2.14. The maximum Gasteiger partial charge on any atom is 0.0480 e. The lowest BCUT2D eigenvalue weighted by Crippen LogP contribution is -2.24. The molecule has 1 aromatic carbocycles. The molecule has 2 nitrogen and oxygen atoms in total. The fourth-order valence-electron chi connectivity index (χ4n) is 2.55. The van der Waals surface area contributed by atoms with Crippen LogP contribution in [0.25, 0.3) is 10.9 Å². The lowest BCUT2D eigenvalue weighted by molar-refractivity contribution is 0.591. The van der Waals surface area contributed by atoms with Crippen LogP contribution in [-0.4, -0.2) is 17.2 Å². The third-order valence-corrected chi connectivity index (χ3v) is 3.71. The molecule has 0 unspecified atom stereocenters. The van der Waals surface area contributed by atoms with Gasteiger partial charge in [0, 0.05) is 30.2 Å². The zero-order valence-electron chi connectivity index (χ0n) is 12.8. The molecule has 0 saturated carbocycles. The van der Waals surface area contributed by atoms with Gasteiger partial charge in [-0.15, -0.1) is 0 Å². The predicted octanol–water partition coefficient (Wildman–Crippen LogP) is 3.84. The highest BCUT2D eigenvalue weighted by atomic mass is 14.9. The number of rotatable bonds is 5. The molecule has 2 rings (SSSR count). The minimum atomic E-state index is 0.557. The molecule has 1 heterocycles. The van der Waals surface area contributed by atoms with Crippen LogP contribution in [0.1, 0.15) is 44.7 Å². The Balaban J connectivity index is 2.29. The van der Waals surface area contributed by atoms with Crippen LogP contribution in [0.2, 0.25) is 0 Å². The number of fused-ring (bicyclic) bond motifs is 1. The molecule has 1 aromatic heterocycles. The first-order valence-corrected chi connectivity index (χ1v) is 7.30. The first-order valence-electron chi connectivity index (χ1n) is 7.30. The highest BCUT2D eigenvalue weighted by Gasteiger charge is 2.09. The van der Waals surface area contributed by atoms with Gasteiger partial charge in [0.15, 0.2) is 0 Å². The molecule has 0 atom stereocenters. The van der Waals surface area contributed by atoms with Crippen molar-refractivity contribution in [2.24, 2.45) is 7.05 Å². The summed E-state index contributed by atoms with van der Waals surface area (Å²) in [6.07, 6.45) is 3.37. The summed E-state index contributed by atoms with van der Waals surface area (Å²) >= 11 is 0. The Bertz CT molecular complexity index is 550. The van der Waals surface area contributed by atoms with Crippen LogP contribution in [0.4, 0.5) is 0 Å². The molecule has 0 saturated heterocycles. The Morgan fingerprint density at radius 2 is 1.89 bits per heavy atom. The van der Waals surface area contributed by atoms with Gasteiger partial charge in [-0.25, -0.2) is 0 Å². The van der Waals surface area contributed by atoms with Crippen molar-refractivity contribution in [3.05, 3.63) is 35.5 Å². The third kappa shape index (κ3) is 3.19. The van der Waals surface area contributed by atoms with Crippen LogP contribution in [0.15, 0.2) is 24.4 Å². The van der Waals surface area contributed by atoms with Crippen molar-refractivity contribution in [1.29, 1.82) is 0 Å². The average molecular weight is 258 g/mol. The van der Waals surface area contributed by atoms with E-state index in [-0.39, 0.29) is 0 Å². The lowest BCUT2D eigenvalue weighted by Gasteiger charge is -2.08. The van der Waals surface area contributed by atoms with Gasteiger partial charge in [-0.3, -0.25) is 0 Å². The van der Waals surface area contributed by atoms with Crippen molar-refractivity contribution in [3.63, 3.8) is 0 Å². The maximum atomic E-state index is 3.50. The molecule has 0 amide bonds. The van der Waals surface area contributed by atoms with Gasteiger partial charge >= 0.3 is 0 Å². The maximum absolute atomic E-state index is 3.50. The topological polar surface area (TPSA) is 17.0 Å². The van der Waals surface area contributed by atoms with E-state index in [2.05, 4.69) is 69.0 Å². The van der Waals surface area contributed by atoms with E-state index in [0.29, 0.717) is 12.0 Å². The smallest absolute Gasteiger partial charge is 0.0480 e. The SMILES string of the molecule is CC(C)NCCc1cn(C)c2ccc(C(C)C)cc12. The van der Waals surface area contributed by atoms with Gasteiger partial charge in [-0.05, 0) is 42.1 Å². The minimum absolute atomic E-state index is 0.557. The van der Waals surface area contributed by atoms with Crippen molar-refractivity contribution in [2.75, 3.05) is 6.54 Å². The predicted molar refractivity (Wildman–Crippen MR) is 83.9 cm³/mol. The molecule has 0 spiro atoms. The van der Waals surface area contributed by atoms with Crippen molar-refractivity contribution in [3.8, 4) is 0 Å². The average Bonchev–Trinajstić information content (AvgIpc) is 2.65. The summed E-state index contributed by atoms with van der Waals surface area (Å²) in [5.74, 6) is 0.589. The van der Waals surface area contributed by atoms with Gasteiger partial charge in [0.05, 0.1) is 0 Å². The molecule has 2 aromatic rings. The van der Waals surface area contributed by atoms with E-state index in [1.807, 2.05) is 0 Å². The van der Waals surface area contributed by atoms with E-state index >= 15 is 0 Å². The Morgan fingerprint density at radius 3 is 2.53 bits per heavy atom. The normalized spacial score (nSPS) is 11.9. The molecule has 0 aliphatic carbocycles. The molecular formula is C17H26N2. The van der Waals surface area contributed by atoms with Gasteiger partial charge in [0.2, 0.25) is 0 Å². The van der Waals surface area contributed by atoms with E-state index in [1.165, 1.54) is 22.0 Å². The van der Waals surface area contributed by atoms with Crippen LogP contribution >= 0.6 is 0 Å². The van der Waals surface area contributed by atoms with Crippen molar-refractivity contribution >= 4 is 10.9 Å². The molecule has 2 heteroatoms. The molecule has 0 radical (unpaired) electrons. The Morgan fingerprint density at radius 1 is 1.16 bits per heavy atom. The number of aryl methyl sites for hydroxylation is 1. The van der Waals surface area contributed by atoms with Gasteiger partial charge in [-0.1, -0.05) is 33.8 Å². The van der Waals surface area contributed by atoms with E-state index < -0.39 is 0 Å². The van der Waals surface area contributed by atoms with Crippen LogP contribution in [-0.2, 0) is 13.5 Å². The fourth-order valence-corrected chi connectivity index (χ4v) is 2.55. The number of aromatic nitrogens is 1. The molecule has 0 aliphatic heterocycles. The number of benzene rings is 1. The monoisotopic (exact) mass is 258 g/mol. The highest BCUT2D eigenvalue weighted by molar-refractivity contribution is 5.84. The van der Waals surface area contributed by atoms with Gasteiger partial charge in [0.25, 0.3) is 0 Å². The van der Waals surface area contributed by atoms with Gasteiger partial charge in [-0.2, -0.15) is 0 Å². The molecular weight excluding hydrogens is 232 g/mol. The standard InChI is InChI=1S/C17H26N2/c1-12(2)14-6-7-17-16(10-14)15(11-19(17)5)8-9-18-13(3)4/h6-7,10-13,18H,8-9H2,1-5H3. The van der Waals surface area contributed by atoms with E-state index in [0.717, 1.165) is 13.0 Å². The number of nitrogens with one attached hydrogen (secondary N) is 1. The Labute approximate surface area is 116 Å². The second-order valence-corrected chi connectivity index (χ2v) is 6.06. The molecule has 104 valence electrons. The van der Waals surface area contributed by atoms with E-state index in [4.69, 9.17) is 0 Å². The zero-order valence-corrected chi connectivity index (χ0v) is 12.8. The first kappa shape index (κ1) is 14.1. The highest BCUT2D eigenvalue weighted by Crippen LogP contribution is 2.25. The summed E-state index contributed by atoms with van der Waals surface area (Å²) in [6, 6.07) is 7.43. The van der Waals surface area contributed by atoms with Gasteiger partial charge in [0.1, 0.15) is 0 Å². The fraction of sp³-hybridized carbons (Fsp3) is 0.529. The van der Waals surface area contributed by atoms with Crippen molar-refractivity contribution in [1.82, 2.24) is 9.88 Å². The molecule has 19 heavy (non-hydrogen) atoms. The van der Waals surface area contributed by atoms with E-state index in [9.17, 15) is 0 Å². The second-order valence-electron chi connectivity index (χ2n) is 6.06. The molecule has 0 aliphatic rings. The first-order chi connectivity index (χ1) is 8.99. The van der Waals surface area contributed by atoms with Gasteiger partial charge < -0.3 is 9.88 Å². The number of hydrogen-bond donors (Lipinski definition) is 1. The molecule has 0 bridgehead atoms. The lowest BCUT2D eigenvalue weighted by atomic mass is 10.00. The summed E-state index contributed by atoms with van der Waals surface area (Å²) < 4.78 is 2.24. The third-order valence-electron chi connectivity index (χ3n) is 3.71. The minimum Gasteiger partial charge on any atom is -0.350 e. The summed E-state index contributed by atoms with van der Waals surface area (Å²) in [5, 5.41) is 4.91. The summed E-state index contributed by atoms with van der Waals surface area (Å²) in [5.41, 5.74) is 4.22. The van der Waals surface area contributed by atoms with Crippen LogP contribution in [0.5, 0.6) is 0 Å². The van der Waals surface area contributed by atoms with E-state index in [1.54, 1.807) is 0 Å². The Kier molecular flexibility index (Phi) is 4.31. The molecule has 1 N–H and O–H groups in total. The zero-order chi connectivity index (χ0) is 14.0. The number of nitrogens with zero attached hydrogens (tertiary/aromatic N) is 1. The Hall–Kier alpha value is -1.28. The summed E-state index contributed by atoms with van der Waals surface area (Å²) in [4.78, 5) is 0. The van der Waals surface area contributed by atoms with Crippen molar-refractivity contribution < 1.29 is 0 Å².